The molecular formula is C31H51N3O6. The number of aliphatic hydroxyl groups excluding tert-OH is 1. The number of carboxylic acid groups (broad SMARTS) is 1. The minimum absolute atomic E-state index is 0.0815. The average Bonchev–Trinajstić information content (AvgIpc) is 3.52. The molecule has 1 aromatic carbocycles. The van der Waals surface area contributed by atoms with Gasteiger partial charge in [0.25, 0.3) is 0 Å². The van der Waals surface area contributed by atoms with E-state index in [1.165, 1.54) is 0 Å². The number of amides is 1. The molecule has 40 heavy (non-hydrogen) atoms. The first-order valence-electron chi connectivity index (χ1n) is 15.1. The van der Waals surface area contributed by atoms with E-state index in [9.17, 15) is 19.8 Å². The first kappa shape index (κ1) is 32.2. The fourth-order valence-electron chi connectivity index (χ4n) is 6.30. The second-order valence-corrected chi connectivity index (χ2v) is 11.9. The van der Waals surface area contributed by atoms with Gasteiger partial charge in [0.15, 0.2) is 11.5 Å². The summed E-state index contributed by atoms with van der Waals surface area (Å²) in [5.41, 5.74) is 1.42. The molecule has 2 N–H and O–H groups in total. The van der Waals surface area contributed by atoms with Gasteiger partial charge in [-0.3, -0.25) is 14.5 Å². The Bertz CT molecular complexity index is 971. The van der Waals surface area contributed by atoms with Gasteiger partial charge in [-0.1, -0.05) is 40.0 Å². The Balaban J connectivity index is 1.87. The van der Waals surface area contributed by atoms with Crippen LogP contribution in [-0.4, -0.2) is 96.4 Å². The monoisotopic (exact) mass is 561 g/mol. The van der Waals surface area contributed by atoms with Crippen LogP contribution >= 0.6 is 0 Å². The van der Waals surface area contributed by atoms with E-state index in [0.717, 1.165) is 70.1 Å². The van der Waals surface area contributed by atoms with Crippen LogP contribution in [0.25, 0.3) is 0 Å². The van der Waals surface area contributed by atoms with Gasteiger partial charge in [-0.2, -0.15) is 0 Å². The first-order chi connectivity index (χ1) is 19.2. The summed E-state index contributed by atoms with van der Waals surface area (Å²) < 4.78 is 11.2. The van der Waals surface area contributed by atoms with E-state index in [-0.39, 0.29) is 37.8 Å². The molecule has 1 aromatic rings. The van der Waals surface area contributed by atoms with Gasteiger partial charge >= 0.3 is 5.97 Å². The van der Waals surface area contributed by atoms with Gasteiger partial charge in [0, 0.05) is 37.2 Å². The van der Waals surface area contributed by atoms with Crippen molar-refractivity contribution < 1.29 is 29.3 Å². The van der Waals surface area contributed by atoms with E-state index >= 15 is 0 Å². The normalized spacial score (nSPS) is 21.2. The molecule has 1 saturated heterocycles. The predicted octanol–water partition coefficient (Wildman–Crippen LogP) is 4.17. The lowest BCUT2D eigenvalue weighted by Gasteiger charge is -2.31. The molecule has 2 aliphatic rings. The second kappa shape index (κ2) is 15.6. The van der Waals surface area contributed by atoms with E-state index in [0.29, 0.717) is 29.5 Å². The summed E-state index contributed by atoms with van der Waals surface area (Å²) >= 11 is 0. The van der Waals surface area contributed by atoms with Crippen molar-refractivity contribution in [2.75, 3.05) is 53.6 Å². The number of likely N-dealkylation sites (tertiary alicyclic amines) is 1. The number of fused-ring (bicyclic) bond motifs is 1. The third-order valence-electron chi connectivity index (χ3n) is 8.39. The number of hydrogen-bond donors (Lipinski definition) is 2. The molecule has 3 rings (SSSR count). The average molecular weight is 562 g/mol. The maximum atomic E-state index is 13.7. The number of nitrogens with zero attached hydrogens (tertiary/aromatic N) is 3. The maximum Gasteiger partial charge on any atom is 0.308 e. The van der Waals surface area contributed by atoms with Crippen LogP contribution in [0.1, 0.15) is 82.8 Å². The Morgan fingerprint density at radius 1 is 1.07 bits per heavy atom. The van der Waals surface area contributed by atoms with Crippen molar-refractivity contribution >= 4 is 11.9 Å². The highest BCUT2D eigenvalue weighted by molar-refractivity contribution is 5.79. The van der Waals surface area contributed by atoms with E-state index in [4.69, 9.17) is 9.47 Å². The molecule has 1 fully saturated rings. The minimum Gasteiger partial charge on any atom is -0.481 e. The molecule has 0 radical (unpaired) electrons. The quantitative estimate of drug-likeness (QED) is 0.273. The zero-order valence-corrected chi connectivity index (χ0v) is 25.2. The number of carboxylic acids is 1. The van der Waals surface area contributed by atoms with Crippen molar-refractivity contribution in [2.45, 2.75) is 84.3 Å². The lowest BCUT2D eigenvalue weighted by atomic mass is 9.81. The van der Waals surface area contributed by atoms with Crippen LogP contribution in [0, 0.1) is 11.8 Å². The molecule has 1 unspecified atom stereocenters. The number of aliphatic carboxylic acids is 1. The van der Waals surface area contributed by atoms with Crippen molar-refractivity contribution in [1.29, 1.82) is 0 Å². The van der Waals surface area contributed by atoms with Crippen LogP contribution in [0.3, 0.4) is 0 Å². The molecule has 226 valence electrons. The number of ether oxygens (including phenoxy) is 2. The summed E-state index contributed by atoms with van der Waals surface area (Å²) in [4.78, 5) is 32.8. The predicted molar refractivity (Wildman–Crippen MR) is 156 cm³/mol. The Morgan fingerprint density at radius 3 is 2.45 bits per heavy atom. The second-order valence-electron chi connectivity index (χ2n) is 11.9. The van der Waals surface area contributed by atoms with Crippen molar-refractivity contribution in [2.24, 2.45) is 11.8 Å². The fourth-order valence-corrected chi connectivity index (χ4v) is 6.30. The van der Waals surface area contributed by atoms with Crippen LogP contribution in [0.15, 0.2) is 12.1 Å². The van der Waals surface area contributed by atoms with Crippen LogP contribution in [-0.2, 0) is 16.2 Å². The van der Waals surface area contributed by atoms with Gasteiger partial charge in [-0.05, 0) is 69.9 Å². The number of rotatable bonds is 17. The zero-order valence-electron chi connectivity index (χ0n) is 25.2. The number of unbranched alkanes of at least 4 members (excludes halogenated alkanes) is 2. The van der Waals surface area contributed by atoms with Crippen LogP contribution in [0.2, 0.25) is 0 Å². The van der Waals surface area contributed by atoms with Crippen molar-refractivity contribution in [1.82, 2.24) is 14.7 Å². The lowest BCUT2D eigenvalue weighted by Crippen LogP contribution is -2.45. The van der Waals surface area contributed by atoms with Gasteiger partial charge < -0.3 is 29.5 Å². The third-order valence-corrected chi connectivity index (χ3v) is 8.39. The molecule has 9 nitrogen and oxygen atoms in total. The summed E-state index contributed by atoms with van der Waals surface area (Å²) in [5.74, 6) is -0.338. The number of hydrogen-bond acceptors (Lipinski definition) is 7. The molecule has 0 saturated carbocycles. The van der Waals surface area contributed by atoms with E-state index in [2.05, 4.69) is 44.7 Å². The SMILES string of the molecule is CCCCN(CCCCN(C)C)C(=O)CN1C[C@H](c2cc(CO)c3c(c2)OCO3)[C@@H](C(=O)O)[C@@H]1CC(C)CCC. The van der Waals surface area contributed by atoms with Crippen molar-refractivity contribution in [3.63, 3.8) is 0 Å². The van der Waals surface area contributed by atoms with E-state index in [1.807, 2.05) is 17.0 Å². The topological polar surface area (TPSA) is 103 Å². The molecule has 0 bridgehead atoms. The highest BCUT2D eigenvalue weighted by atomic mass is 16.7. The highest BCUT2D eigenvalue weighted by Gasteiger charge is 2.48. The van der Waals surface area contributed by atoms with Gasteiger partial charge in [0.2, 0.25) is 12.7 Å². The van der Waals surface area contributed by atoms with Crippen LogP contribution in [0.5, 0.6) is 11.5 Å². The highest BCUT2D eigenvalue weighted by Crippen LogP contribution is 2.45. The van der Waals surface area contributed by atoms with Gasteiger partial charge in [-0.25, -0.2) is 0 Å². The smallest absolute Gasteiger partial charge is 0.308 e. The number of benzene rings is 1. The Hall–Kier alpha value is -2.36. The molecule has 9 heteroatoms. The lowest BCUT2D eigenvalue weighted by molar-refractivity contribution is -0.144. The van der Waals surface area contributed by atoms with E-state index in [1.54, 1.807) is 0 Å². The number of carbonyl (C=O) groups excluding carboxylic acids is 1. The molecule has 1 amide bonds. The Kier molecular flexibility index (Phi) is 12.5. The first-order valence-corrected chi connectivity index (χ1v) is 15.1. The molecule has 0 spiro atoms. The summed E-state index contributed by atoms with van der Waals surface area (Å²) in [6.45, 7) is 9.47. The molecular weight excluding hydrogens is 510 g/mol. The largest absolute Gasteiger partial charge is 0.481 e. The van der Waals surface area contributed by atoms with Crippen molar-refractivity contribution in [3.05, 3.63) is 23.3 Å². The molecule has 4 atom stereocenters. The van der Waals surface area contributed by atoms with E-state index < -0.39 is 11.9 Å². The molecule has 2 aliphatic heterocycles. The maximum absolute atomic E-state index is 13.7. The zero-order chi connectivity index (χ0) is 29.2. The fraction of sp³-hybridized carbons (Fsp3) is 0.742. The summed E-state index contributed by atoms with van der Waals surface area (Å²) in [7, 11) is 4.12. The van der Waals surface area contributed by atoms with Crippen LogP contribution < -0.4 is 9.47 Å². The van der Waals surface area contributed by atoms with Crippen molar-refractivity contribution in [3.8, 4) is 11.5 Å². The molecule has 0 aromatic heterocycles. The van der Waals surface area contributed by atoms with Gasteiger partial charge in [0.05, 0.1) is 19.1 Å². The Labute approximate surface area is 240 Å². The Morgan fingerprint density at radius 2 is 1.80 bits per heavy atom. The van der Waals surface area contributed by atoms with Gasteiger partial charge in [-0.15, -0.1) is 0 Å². The summed E-state index contributed by atoms with van der Waals surface area (Å²) in [6.07, 6.45) is 6.73. The van der Waals surface area contributed by atoms with Gasteiger partial charge in [0.1, 0.15) is 0 Å². The number of aliphatic hydroxyl groups is 1. The molecule has 0 aliphatic carbocycles. The minimum atomic E-state index is -0.844. The molecule has 2 heterocycles. The number of carbonyl (C=O) groups is 2. The summed E-state index contributed by atoms with van der Waals surface area (Å²) in [6, 6.07) is 3.46. The van der Waals surface area contributed by atoms with Crippen LogP contribution in [0.4, 0.5) is 0 Å². The third kappa shape index (κ3) is 8.33. The standard InChI is InChI=1S/C31H51N3O6/c1-6-8-13-33(14-10-9-12-32(4)5)28(36)19-34-18-25(29(31(37)38)26(34)15-22(3)11-7-2)23-16-24(20-35)30-27(17-23)39-21-40-30/h16-17,22,25-26,29,35H,6-15,18-21H2,1-5H3,(H,37,38)/t22?,25-,26+,29-/m1/s1. The summed E-state index contributed by atoms with van der Waals surface area (Å²) in [5, 5.41) is 20.5.